The fourth-order valence-electron chi connectivity index (χ4n) is 2.47. The van der Waals surface area contributed by atoms with Crippen LogP contribution in [-0.2, 0) is 14.2 Å². The Morgan fingerprint density at radius 3 is 1.56 bits per heavy atom. The number of amides is 3. The molecule has 0 aromatic heterocycles. The molecule has 0 saturated heterocycles. The molecule has 0 unspecified atom stereocenters. The molecule has 34 heavy (non-hydrogen) atoms. The standard InChI is InChI=1S/C23H43N3O7S/c1-21(2,3)31-18(28)24-17(26(14-16-34)20(30)33-23(7,8)9)25(13-11-10-12-15-27)19(29)32-22(4,5)6/h27,34H,10-16H2,1-9H3/b24-17+. The third kappa shape index (κ3) is 14.3. The van der Waals surface area contributed by atoms with Gasteiger partial charge in [-0.2, -0.15) is 12.6 Å². The Labute approximate surface area is 209 Å². The quantitative estimate of drug-likeness (QED) is 0.167. The summed E-state index contributed by atoms with van der Waals surface area (Å²) >= 11 is 4.22. The number of thiol groups is 1. The molecule has 0 bridgehead atoms. The van der Waals surface area contributed by atoms with Crippen LogP contribution in [-0.4, -0.2) is 81.4 Å². The first kappa shape index (κ1) is 32.0. The van der Waals surface area contributed by atoms with Gasteiger partial charge in [-0.1, -0.05) is 0 Å². The van der Waals surface area contributed by atoms with Gasteiger partial charge in [-0.05, 0) is 81.6 Å². The molecule has 0 aliphatic rings. The zero-order chi connectivity index (χ0) is 26.7. The van der Waals surface area contributed by atoms with Crippen LogP contribution in [0.3, 0.4) is 0 Å². The van der Waals surface area contributed by atoms with Crippen LogP contribution in [0.1, 0.15) is 81.6 Å². The minimum absolute atomic E-state index is 0.00891. The van der Waals surface area contributed by atoms with E-state index in [9.17, 15) is 14.4 Å². The van der Waals surface area contributed by atoms with Gasteiger partial charge >= 0.3 is 18.3 Å². The predicted octanol–water partition coefficient (Wildman–Crippen LogP) is 4.84. The maximum absolute atomic E-state index is 13.2. The number of hydrogen-bond acceptors (Lipinski definition) is 8. The highest BCUT2D eigenvalue weighted by molar-refractivity contribution is 7.80. The van der Waals surface area contributed by atoms with Crippen molar-refractivity contribution in [3.05, 3.63) is 0 Å². The number of aliphatic hydroxyl groups excluding tert-OH is 1. The first-order valence-corrected chi connectivity index (χ1v) is 12.1. The van der Waals surface area contributed by atoms with E-state index < -0.39 is 35.1 Å². The highest BCUT2D eigenvalue weighted by Gasteiger charge is 2.35. The first-order valence-electron chi connectivity index (χ1n) is 11.4. The van der Waals surface area contributed by atoms with Crippen LogP contribution >= 0.6 is 12.6 Å². The van der Waals surface area contributed by atoms with Gasteiger partial charge in [-0.3, -0.25) is 0 Å². The summed E-state index contributed by atoms with van der Waals surface area (Å²) < 4.78 is 16.3. The number of rotatable bonds is 7. The van der Waals surface area contributed by atoms with E-state index in [2.05, 4.69) is 17.6 Å². The molecular formula is C23H43N3O7S. The number of aliphatic hydroxyl groups is 1. The third-order valence-electron chi connectivity index (χ3n) is 3.66. The van der Waals surface area contributed by atoms with Crippen LogP contribution in [0.25, 0.3) is 0 Å². The summed E-state index contributed by atoms with van der Waals surface area (Å²) in [4.78, 5) is 45.1. The molecule has 0 aliphatic heterocycles. The van der Waals surface area contributed by atoms with E-state index >= 15 is 0 Å². The Balaban J connectivity index is 6.51. The number of carbonyl (C=O) groups excluding carboxylic acids is 3. The number of unbranched alkanes of at least 4 members (excludes halogenated alkanes) is 2. The topological polar surface area (TPSA) is 118 Å². The summed E-state index contributed by atoms with van der Waals surface area (Å²) in [6, 6.07) is 0. The lowest BCUT2D eigenvalue weighted by Gasteiger charge is -2.34. The normalized spacial score (nSPS) is 12.7. The lowest BCUT2D eigenvalue weighted by Crippen LogP contribution is -2.53. The van der Waals surface area contributed by atoms with E-state index in [0.29, 0.717) is 19.3 Å². The van der Waals surface area contributed by atoms with Gasteiger partial charge < -0.3 is 19.3 Å². The molecule has 0 saturated carbocycles. The van der Waals surface area contributed by atoms with E-state index in [0.717, 1.165) is 9.80 Å². The summed E-state index contributed by atoms with van der Waals surface area (Å²) in [5.41, 5.74) is -2.51. The van der Waals surface area contributed by atoms with E-state index in [-0.39, 0.29) is 31.4 Å². The van der Waals surface area contributed by atoms with Gasteiger partial charge in [0.1, 0.15) is 16.8 Å². The Kier molecular flexibility index (Phi) is 13.0. The van der Waals surface area contributed by atoms with Gasteiger partial charge in [0.25, 0.3) is 0 Å². The van der Waals surface area contributed by atoms with Gasteiger partial charge in [0.15, 0.2) is 0 Å². The smallest absolute Gasteiger partial charge is 0.437 e. The van der Waals surface area contributed by atoms with Gasteiger partial charge in [-0.15, -0.1) is 4.99 Å². The average Bonchev–Trinajstić information content (AvgIpc) is 2.60. The number of carbonyl (C=O) groups is 3. The molecule has 0 atom stereocenters. The molecule has 198 valence electrons. The molecule has 0 aromatic carbocycles. The Morgan fingerprint density at radius 1 is 0.735 bits per heavy atom. The molecule has 0 rings (SSSR count). The average molecular weight is 506 g/mol. The molecule has 1 N–H and O–H groups in total. The zero-order valence-electron chi connectivity index (χ0n) is 22.1. The predicted molar refractivity (Wildman–Crippen MR) is 134 cm³/mol. The summed E-state index contributed by atoms with van der Waals surface area (Å²) in [7, 11) is 0. The maximum Gasteiger partial charge on any atom is 0.437 e. The second kappa shape index (κ2) is 13.8. The SMILES string of the molecule is CC(C)(C)OC(=O)/N=C(/N(CCS)C(=O)OC(C)(C)C)N(CCCCCO)C(=O)OC(C)(C)C. The van der Waals surface area contributed by atoms with Crippen LogP contribution in [0.2, 0.25) is 0 Å². The zero-order valence-corrected chi connectivity index (χ0v) is 23.0. The Morgan fingerprint density at radius 2 is 1.18 bits per heavy atom. The van der Waals surface area contributed by atoms with Crippen molar-refractivity contribution >= 4 is 36.9 Å². The molecule has 10 nitrogen and oxygen atoms in total. The van der Waals surface area contributed by atoms with Crippen LogP contribution in [0, 0.1) is 0 Å². The van der Waals surface area contributed by atoms with E-state index in [1.54, 1.807) is 62.3 Å². The molecule has 11 heteroatoms. The maximum atomic E-state index is 13.2. The van der Waals surface area contributed by atoms with Gasteiger partial charge in [0, 0.05) is 25.4 Å². The van der Waals surface area contributed by atoms with Gasteiger partial charge in [0.2, 0.25) is 5.96 Å². The molecule has 0 spiro atoms. The lowest BCUT2D eigenvalue weighted by molar-refractivity contribution is 0.0280. The highest BCUT2D eigenvalue weighted by Crippen LogP contribution is 2.17. The number of nitrogens with zero attached hydrogens (tertiary/aromatic N) is 3. The molecule has 0 aliphatic carbocycles. The molecular weight excluding hydrogens is 462 g/mol. The molecule has 0 radical (unpaired) electrons. The first-order chi connectivity index (χ1) is 15.4. The van der Waals surface area contributed by atoms with Crippen molar-refractivity contribution in [3.63, 3.8) is 0 Å². The summed E-state index contributed by atoms with van der Waals surface area (Å²) in [5.74, 6) is -0.0602. The van der Waals surface area contributed by atoms with E-state index in [1.165, 1.54) is 0 Å². The van der Waals surface area contributed by atoms with Crippen LogP contribution in [0.15, 0.2) is 4.99 Å². The van der Waals surface area contributed by atoms with Crippen molar-refractivity contribution in [2.45, 2.75) is 98.4 Å². The second-order valence-electron chi connectivity index (χ2n) is 10.7. The number of hydrogen-bond donors (Lipinski definition) is 2. The lowest BCUT2D eigenvalue weighted by atomic mass is 10.2. The molecule has 0 aromatic rings. The Hall–Kier alpha value is -2.01. The van der Waals surface area contributed by atoms with E-state index in [4.69, 9.17) is 19.3 Å². The van der Waals surface area contributed by atoms with Crippen molar-refractivity contribution in [3.8, 4) is 0 Å². The van der Waals surface area contributed by atoms with Gasteiger partial charge in [0.05, 0.1) is 0 Å². The summed E-state index contributed by atoms with van der Waals surface area (Å²) in [6.07, 6.45) is -0.948. The minimum atomic E-state index is -0.973. The summed E-state index contributed by atoms with van der Waals surface area (Å²) in [6.45, 7) is 15.4. The minimum Gasteiger partial charge on any atom is -0.443 e. The van der Waals surface area contributed by atoms with Crippen LogP contribution in [0.4, 0.5) is 14.4 Å². The van der Waals surface area contributed by atoms with Crippen molar-refractivity contribution < 1.29 is 33.7 Å². The van der Waals surface area contributed by atoms with Crippen molar-refractivity contribution in [2.75, 3.05) is 25.4 Å². The largest absolute Gasteiger partial charge is 0.443 e. The van der Waals surface area contributed by atoms with Crippen molar-refractivity contribution in [2.24, 2.45) is 4.99 Å². The van der Waals surface area contributed by atoms with Crippen molar-refractivity contribution in [1.82, 2.24) is 9.80 Å². The number of aliphatic imine (C=N–C) groups is 1. The Bertz CT molecular complexity index is 707. The second-order valence-corrected chi connectivity index (χ2v) is 11.1. The van der Waals surface area contributed by atoms with Gasteiger partial charge in [-0.25, -0.2) is 24.2 Å². The van der Waals surface area contributed by atoms with Crippen molar-refractivity contribution in [1.29, 1.82) is 0 Å². The third-order valence-corrected chi connectivity index (χ3v) is 3.86. The summed E-state index contributed by atoms with van der Waals surface area (Å²) in [5, 5.41) is 9.10. The number of guanidine groups is 1. The monoisotopic (exact) mass is 505 g/mol. The number of ether oxygens (including phenoxy) is 3. The van der Waals surface area contributed by atoms with Crippen LogP contribution in [0.5, 0.6) is 0 Å². The van der Waals surface area contributed by atoms with Crippen LogP contribution < -0.4 is 0 Å². The molecule has 0 fully saturated rings. The molecule has 3 amide bonds. The fourth-order valence-corrected chi connectivity index (χ4v) is 2.67. The highest BCUT2D eigenvalue weighted by atomic mass is 32.1. The van der Waals surface area contributed by atoms with E-state index in [1.807, 2.05) is 0 Å². The molecule has 0 heterocycles. The fraction of sp³-hybridized carbons (Fsp3) is 0.826.